The van der Waals surface area contributed by atoms with E-state index in [1.54, 1.807) is 41.9 Å². The summed E-state index contributed by atoms with van der Waals surface area (Å²) < 4.78 is 28.9. The molecule has 1 saturated heterocycles. The summed E-state index contributed by atoms with van der Waals surface area (Å²) in [5.41, 5.74) is 5.60. The summed E-state index contributed by atoms with van der Waals surface area (Å²) in [6.07, 6.45) is 2.71. The number of benzene rings is 1. The van der Waals surface area contributed by atoms with Crippen molar-refractivity contribution < 1.29 is 13.2 Å². The number of aromatic nitrogens is 1. The third-order valence-electron chi connectivity index (χ3n) is 5.48. The zero-order valence-electron chi connectivity index (χ0n) is 17.3. The summed E-state index contributed by atoms with van der Waals surface area (Å²) in [6.45, 7) is 4.28. The summed E-state index contributed by atoms with van der Waals surface area (Å²) in [7, 11) is -1.85. The highest BCUT2D eigenvalue weighted by atomic mass is 32.2. The molecule has 0 spiro atoms. The largest absolute Gasteiger partial charge is 0.339 e. The van der Waals surface area contributed by atoms with E-state index in [0.717, 1.165) is 16.8 Å². The minimum atomic E-state index is -3.64. The molecular formula is C21H25N5O3S. The van der Waals surface area contributed by atoms with Gasteiger partial charge in [0.2, 0.25) is 15.9 Å². The molecule has 1 unspecified atom stereocenters. The van der Waals surface area contributed by atoms with Crippen molar-refractivity contribution in [3.8, 4) is 6.07 Å². The van der Waals surface area contributed by atoms with E-state index >= 15 is 0 Å². The molecule has 158 valence electrons. The normalized spacial score (nSPS) is 17.7. The maximum Gasteiger partial charge on any atom is 0.244 e. The van der Waals surface area contributed by atoms with Crippen LogP contribution in [-0.4, -0.2) is 42.5 Å². The van der Waals surface area contributed by atoms with Crippen molar-refractivity contribution in [2.75, 3.05) is 13.1 Å². The average Bonchev–Trinajstić information content (AvgIpc) is 3.02. The van der Waals surface area contributed by atoms with Crippen LogP contribution in [0.5, 0.6) is 0 Å². The number of amides is 1. The van der Waals surface area contributed by atoms with Gasteiger partial charge in [-0.25, -0.2) is 13.8 Å². The topological polar surface area (TPSA) is 108 Å². The predicted molar refractivity (Wildman–Crippen MR) is 113 cm³/mol. The van der Waals surface area contributed by atoms with Crippen molar-refractivity contribution in [1.82, 2.24) is 14.3 Å². The van der Waals surface area contributed by atoms with E-state index in [1.165, 1.54) is 10.5 Å². The number of rotatable bonds is 5. The molecule has 1 aromatic heterocycles. The Balaban J connectivity index is 1.66. The van der Waals surface area contributed by atoms with Crippen molar-refractivity contribution >= 4 is 22.1 Å². The molecule has 30 heavy (non-hydrogen) atoms. The van der Waals surface area contributed by atoms with Gasteiger partial charge in [0.25, 0.3) is 0 Å². The van der Waals surface area contributed by atoms with Crippen LogP contribution < -0.4 is 5.43 Å². The van der Waals surface area contributed by atoms with Gasteiger partial charge in [0, 0.05) is 31.4 Å². The lowest BCUT2D eigenvalue weighted by Crippen LogP contribution is -2.44. The molecule has 1 aliphatic rings. The van der Waals surface area contributed by atoms with Crippen LogP contribution in [-0.2, 0) is 21.9 Å². The summed E-state index contributed by atoms with van der Waals surface area (Å²) in [4.78, 5) is 12.8. The third kappa shape index (κ3) is 4.45. The molecule has 1 aliphatic heterocycles. The Hall–Kier alpha value is -2.96. The highest BCUT2D eigenvalue weighted by molar-refractivity contribution is 7.89. The molecule has 3 rings (SSSR count). The molecule has 0 bridgehead atoms. The first-order valence-corrected chi connectivity index (χ1v) is 11.1. The van der Waals surface area contributed by atoms with E-state index in [2.05, 4.69) is 16.6 Å². The maximum absolute atomic E-state index is 12.9. The molecule has 1 N–H and O–H groups in total. The Kier molecular flexibility index (Phi) is 6.39. The number of nitrogens with one attached hydrogen (secondary N) is 1. The van der Waals surface area contributed by atoms with Crippen molar-refractivity contribution in [3.63, 3.8) is 0 Å². The number of piperidine rings is 1. The first-order chi connectivity index (χ1) is 14.2. The smallest absolute Gasteiger partial charge is 0.244 e. The molecule has 1 fully saturated rings. The molecule has 9 heteroatoms. The van der Waals surface area contributed by atoms with Gasteiger partial charge in [-0.05, 0) is 44.9 Å². The number of carbonyl (C=O) groups is 1. The van der Waals surface area contributed by atoms with Gasteiger partial charge in [-0.3, -0.25) is 4.79 Å². The van der Waals surface area contributed by atoms with Gasteiger partial charge in [0.1, 0.15) is 11.8 Å². The summed E-state index contributed by atoms with van der Waals surface area (Å²) in [6, 6.07) is 10.5. The fourth-order valence-electron chi connectivity index (χ4n) is 3.45. The van der Waals surface area contributed by atoms with Gasteiger partial charge in [0.05, 0.1) is 17.0 Å². The molecule has 2 aromatic rings. The van der Waals surface area contributed by atoms with Crippen LogP contribution in [0, 0.1) is 31.1 Å². The molecule has 0 radical (unpaired) electrons. The molecule has 8 nitrogen and oxygen atoms in total. The van der Waals surface area contributed by atoms with Crippen molar-refractivity contribution in [2.45, 2.75) is 31.6 Å². The van der Waals surface area contributed by atoms with Crippen LogP contribution in [0.2, 0.25) is 0 Å². The van der Waals surface area contributed by atoms with E-state index in [0.29, 0.717) is 25.1 Å². The minimum Gasteiger partial charge on any atom is -0.339 e. The fourth-order valence-corrected chi connectivity index (χ4v) is 4.98. The molecule has 1 atom stereocenters. The zero-order chi connectivity index (χ0) is 21.9. The Labute approximate surface area is 176 Å². The van der Waals surface area contributed by atoms with E-state index in [9.17, 15) is 13.2 Å². The highest BCUT2D eigenvalue weighted by Crippen LogP contribution is 2.24. The summed E-state index contributed by atoms with van der Waals surface area (Å²) >= 11 is 0. The Morgan fingerprint density at radius 1 is 1.30 bits per heavy atom. The Bertz CT molecular complexity index is 1110. The lowest BCUT2D eigenvalue weighted by molar-refractivity contribution is -0.126. The number of hydrogen-bond acceptors (Lipinski definition) is 5. The van der Waals surface area contributed by atoms with E-state index in [-0.39, 0.29) is 17.3 Å². The predicted octanol–water partition coefficient (Wildman–Crippen LogP) is 2.06. The van der Waals surface area contributed by atoms with Crippen LogP contribution in [0.3, 0.4) is 0 Å². The zero-order valence-corrected chi connectivity index (χ0v) is 18.1. The quantitative estimate of drug-likeness (QED) is 0.582. The Morgan fingerprint density at radius 2 is 2.00 bits per heavy atom. The van der Waals surface area contributed by atoms with E-state index in [1.807, 2.05) is 13.8 Å². The van der Waals surface area contributed by atoms with Gasteiger partial charge in [-0.2, -0.15) is 14.7 Å². The van der Waals surface area contributed by atoms with Gasteiger partial charge < -0.3 is 4.57 Å². The van der Waals surface area contributed by atoms with Crippen LogP contribution in [0.25, 0.3) is 0 Å². The lowest BCUT2D eigenvalue weighted by Gasteiger charge is -2.30. The molecule has 0 saturated carbocycles. The maximum atomic E-state index is 12.9. The second-order valence-electron chi connectivity index (χ2n) is 7.49. The number of hydrazone groups is 1. The number of sulfonamides is 1. The van der Waals surface area contributed by atoms with Gasteiger partial charge in [-0.1, -0.05) is 17.7 Å². The van der Waals surface area contributed by atoms with Gasteiger partial charge in [0.15, 0.2) is 0 Å². The van der Waals surface area contributed by atoms with Gasteiger partial charge in [-0.15, -0.1) is 0 Å². The number of hydrogen-bond donors (Lipinski definition) is 1. The van der Waals surface area contributed by atoms with Crippen LogP contribution in [0.1, 0.15) is 35.4 Å². The van der Waals surface area contributed by atoms with Crippen LogP contribution in [0.15, 0.2) is 40.3 Å². The first-order valence-electron chi connectivity index (χ1n) is 9.70. The van der Waals surface area contributed by atoms with Crippen molar-refractivity contribution in [3.05, 3.63) is 52.8 Å². The van der Waals surface area contributed by atoms with Crippen molar-refractivity contribution in [2.24, 2.45) is 18.1 Å². The second kappa shape index (κ2) is 8.81. The number of nitriles is 1. The monoisotopic (exact) mass is 427 g/mol. The summed E-state index contributed by atoms with van der Waals surface area (Å²) in [5, 5.41) is 13.1. The number of carbonyl (C=O) groups excluding carboxylic acids is 1. The molecule has 1 aromatic carbocycles. The standard InChI is InChI=1S/C21H25N5O3S/c1-15-6-8-20(9-7-15)30(28,29)26-10-4-5-17(14-26)21(27)24-23-13-18-11-19(12-22)25(3)16(18)2/h6-9,11,13,17H,4-5,10,14H2,1-3H3,(H,24,27)/b23-13+. The average molecular weight is 428 g/mol. The summed E-state index contributed by atoms with van der Waals surface area (Å²) in [5.74, 6) is -0.785. The van der Waals surface area contributed by atoms with Crippen molar-refractivity contribution in [1.29, 1.82) is 5.26 Å². The van der Waals surface area contributed by atoms with Crippen LogP contribution >= 0.6 is 0 Å². The number of nitrogens with zero attached hydrogens (tertiary/aromatic N) is 4. The van der Waals surface area contributed by atoms with Gasteiger partial charge >= 0.3 is 0 Å². The van der Waals surface area contributed by atoms with E-state index in [4.69, 9.17) is 5.26 Å². The third-order valence-corrected chi connectivity index (χ3v) is 7.36. The molecular weight excluding hydrogens is 402 g/mol. The SMILES string of the molecule is Cc1ccc(S(=O)(=O)N2CCCC(C(=O)N/N=C/c3cc(C#N)n(C)c3C)C2)cc1. The second-order valence-corrected chi connectivity index (χ2v) is 9.43. The number of aryl methyl sites for hydroxylation is 1. The first kappa shape index (κ1) is 21.7. The molecule has 0 aliphatic carbocycles. The minimum absolute atomic E-state index is 0.126. The molecule has 1 amide bonds. The van der Waals surface area contributed by atoms with Crippen LogP contribution in [0.4, 0.5) is 0 Å². The Morgan fingerprint density at radius 3 is 2.63 bits per heavy atom. The fraction of sp³-hybridized carbons (Fsp3) is 0.381. The lowest BCUT2D eigenvalue weighted by atomic mass is 9.99. The van der Waals surface area contributed by atoms with E-state index < -0.39 is 15.9 Å². The highest BCUT2D eigenvalue weighted by Gasteiger charge is 2.33. The molecule has 2 heterocycles.